The minimum atomic E-state index is -0.176. The SMILES string of the molecule is CCOc1ccc(CC(=O)N/N=C\c2cn(Cc3ccccc3Cl)c3ccccc23)cc1. The molecule has 0 aliphatic heterocycles. The highest BCUT2D eigenvalue weighted by Gasteiger charge is 2.09. The molecular formula is C26H24ClN3O2. The number of amides is 1. The number of ether oxygens (including phenoxy) is 1. The minimum Gasteiger partial charge on any atom is -0.494 e. The summed E-state index contributed by atoms with van der Waals surface area (Å²) in [6, 6.07) is 23.4. The predicted octanol–water partition coefficient (Wildman–Crippen LogP) is 5.43. The van der Waals surface area contributed by atoms with Gasteiger partial charge in [0.2, 0.25) is 5.91 Å². The molecule has 3 aromatic carbocycles. The zero-order valence-electron chi connectivity index (χ0n) is 17.8. The zero-order chi connectivity index (χ0) is 22.3. The van der Waals surface area contributed by atoms with Crippen LogP contribution in [0.5, 0.6) is 5.75 Å². The van der Waals surface area contributed by atoms with Crippen LogP contribution in [0.4, 0.5) is 0 Å². The van der Waals surface area contributed by atoms with Crippen LogP contribution in [0.25, 0.3) is 10.9 Å². The molecule has 0 bridgehead atoms. The van der Waals surface area contributed by atoms with Crippen molar-refractivity contribution in [3.8, 4) is 5.75 Å². The maximum atomic E-state index is 12.3. The van der Waals surface area contributed by atoms with Crippen molar-refractivity contribution in [1.29, 1.82) is 0 Å². The lowest BCUT2D eigenvalue weighted by atomic mass is 10.1. The second-order valence-electron chi connectivity index (χ2n) is 7.37. The van der Waals surface area contributed by atoms with Gasteiger partial charge in [0.25, 0.3) is 0 Å². The Bertz CT molecular complexity index is 1250. The van der Waals surface area contributed by atoms with E-state index in [-0.39, 0.29) is 12.3 Å². The number of carbonyl (C=O) groups excluding carboxylic acids is 1. The number of hydrazone groups is 1. The molecule has 5 nitrogen and oxygen atoms in total. The van der Waals surface area contributed by atoms with Gasteiger partial charge in [-0.2, -0.15) is 5.10 Å². The third-order valence-corrected chi connectivity index (χ3v) is 5.48. The first-order valence-electron chi connectivity index (χ1n) is 10.5. The molecule has 6 heteroatoms. The quantitative estimate of drug-likeness (QED) is 0.290. The zero-order valence-corrected chi connectivity index (χ0v) is 18.5. The van der Waals surface area contributed by atoms with Crippen molar-refractivity contribution >= 4 is 34.6 Å². The molecule has 0 saturated heterocycles. The van der Waals surface area contributed by atoms with Gasteiger partial charge in [-0.1, -0.05) is 60.1 Å². The lowest BCUT2D eigenvalue weighted by molar-refractivity contribution is -0.120. The second kappa shape index (κ2) is 10.2. The molecule has 32 heavy (non-hydrogen) atoms. The number of benzene rings is 3. The van der Waals surface area contributed by atoms with Gasteiger partial charge >= 0.3 is 0 Å². The molecular weight excluding hydrogens is 422 g/mol. The summed E-state index contributed by atoms with van der Waals surface area (Å²) in [4.78, 5) is 12.3. The highest BCUT2D eigenvalue weighted by Crippen LogP contribution is 2.23. The van der Waals surface area contributed by atoms with Gasteiger partial charge in [-0.05, 0) is 42.3 Å². The number of para-hydroxylation sites is 1. The number of rotatable bonds is 8. The lowest BCUT2D eigenvalue weighted by Gasteiger charge is -2.07. The molecule has 0 unspecified atom stereocenters. The number of hydrogen-bond acceptors (Lipinski definition) is 3. The topological polar surface area (TPSA) is 55.6 Å². The predicted molar refractivity (Wildman–Crippen MR) is 130 cm³/mol. The number of fused-ring (bicyclic) bond motifs is 1. The number of nitrogens with zero attached hydrogens (tertiary/aromatic N) is 2. The monoisotopic (exact) mass is 445 g/mol. The van der Waals surface area contributed by atoms with E-state index in [1.54, 1.807) is 6.21 Å². The average molecular weight is 446 g/mol. The van der Waals surface area contributed by atoms with E-state index in [1.165, 1.54) is 0 Å². The summed E-state index contributed by atoms with van der Waals surface area (Å²) in [5.41, 5.74) is 6.57. The number of aromatic nitrogens is 1. The molecule has 0 atom stereocenters. The third kappa shape index (κ3) is 5.18. The molecule has 4 rings (SSSR count). The van der Waals surface area contributed by atoms with E-state index in [4.69, 9.17) is 16.3 Å². The van der Waals surface area contributed by atoms with E-state index in [2.05, 4.69) is 21.2 Å². The van der Waals surface area contributed by atoms with E-state index in [0.29, 0.717) is 13.2 Å². The maximum absolute atomic E-state index is 12.3. The van der Waals surface area contributed by atoms with Gasteiger partial charge in [0.1, 0.15) is 5.75 Å². The second-order valence-corrected chi connectivity index (χ2v) is 7.78. The van der Waals surface area contributed by atoms with Gasteiger partial charge in [-0.15, -0.1) is 0 Å². The first-order valence-corrected chi connectivity index (χ1v) is 10.9. The molecule has 0 aliphatic rings. The molecule has 0 fully saturated rings. The van der Waals surface area contributed by atoms with E-state index in [0.717, 1.165) is 38.4 Å². The fraction of sp³-hybridized carbons (Fsp3) is 0.154. The molecule has 162 valence electrons. The molecule has 0 spiro atoms. The van der Waals surface area contributed by atoms with Crippen LogP contribution in [0.15, 0.2) is 84.1 Å². The van der Waals surface area contributed by atoms with E-state index >= 15 is 0 Å². The van der Waals surface area contributed by atoms with Gasteiger partial charge in [0.05, 0.1) is 19.2 Å². The minimum absolute atomic E-state index is 0.176. The standard InChI is InChI=1S/C26H24ClN3O2/c1-2-32-22-13-11-19(12-14-22)15-26(31)29-28-16-21-18-30(25-10-6-4-8-23(21)25)17-20-7-3-5-9-24(20)27/h3-14,16,18H,2,15,17H2,1H3,(H,29,31)/b28-16-. The molecule has 1 heterocycles. The largest absolute Gasteiger partial charge is 0.494 e. The Morgan fingerprint density at radius 2 is 1.81 bits per heavy atom. The number of nitrogens with one attached hydrogen (secondary N) is 1. The highest BCUT2D eigenvalue weighted by atomic mass is 35.5. The first-order chi connectivity index (χ1) is 15.6. The van der Waals surface area contributed by atoms with Crippen LogP contribution < -0.4 is 10.2 Å². The highest BCUT2D eigenvalue weighted by molar-refractivity contribution is 6.31. The average Bonchev–Trinajstić information content (AvgIpc) is 3.14. The molecule has 0 radical (unpaired) electrons. The van der Waals surface area contributed by atoms with Crippen LogP contribution in [-0.2, 0) is 17.8 Å². The van der Waals surface area contributed by atoms with Crippen molar-refractivity contribution in [2.24, 2.45) is 5.10 Å². The normalized spacial score (nSPS) is 11.2. The van der Waals surface area contributed by atoms with Crippen LogP contribution in [0.2, 0.25) is 5.02 Å². The maximum Gasteiger partial charge on any atom is 0.244 e. The van der Waals surface area contributed by atoms with Gasteiger partial charge in [-0.3, -0.25) is 4.79 Å². The third-order valence-electron chi connectivity index (χ3n) is 5.11. The van der Waals surface area contributed by atoms with E-state index < -0.39 is 0 Å². The summed E-state index contributed by atoms with van der Waals surface area (Å²) < 4.78 is 7.57. The van der Waals surface area contributed by atoms with Crippen molar-refractivity contribution in [3.05, 3.63) is 101 Å². The Morgan fingerprint density at radius 3 is 2.59 bits per heavy atom. The van der Waals surface area contributed by atoms with Crippen LogP contribution in [-0.4, -0.2) is 23.3 Å². The van der Waals surface area contributed by atoms with Crippen molar-refractivity contribution in [2.45, 2.75) is 19.9 Å². The van der Waals surface area contributed by atoms with Gasteiger partial charge in [-0.25, -0.2) is 5.43 Å². The molecule has 0 aliphatic carbocycles. The summed E-state index contributed by atoms with van der Waals surface area (Å²) in [6.45, 7) is 3.20. The summed E-state index contributed by atoms with van der Waals surface area (Å²) in [6.07, 6.45) is 3.95. The Kier molecular flexibility index (Phi) is 6.87. The Morgan fingerprint density at radius 1 is 1.06 bits per heavy atom. The number of hydrogen-bond donors (Lipinski definition) is 1. The van der Waals surface area contributed by atoms with E-state index in [9.17, 15) is 4.79 Å². The van der Waals surface area contributed by atoms with Gasteiger partial charge in [0, 0.05) is 34.2 Å². The van der Waals surface area contributed by atoms with Crippen molar-refractivity contribution in [3.63, 3.8) is 0 Å². The summed E-state index contributed by atoms with van der Waals surface area (Å²) in [5, 5.41) is 5.98. The summed E-state index contributed by atoms with van der Waals surface area (Å²) in [7, 11) is 0. The summed E-state index contributed by atoms with van der Waals surface area (Å²) in [5.74, 6) is 0.619. The molecule has 1 aromatic heterocycles. The fourth-order valence-electron chi connectivity index (χ4n) is 3.59. The number of halogens is 1. The number of carbonyl (C=O) groups is 1. The lowest BCUT2D eigenvalue weighted by Crippen LogP contribution is -2.19. The molecule has 1 amide bonds. The van der Waals surface area contributed by atoms with Crippen molar-refractivity contribution < 1.29 is 9.53 Å². The Balaban J connectivity index is 1.45. The Hall–Kier alpha value is -3.57. The molecule has 4 aromatic rings. The van der Waals surface area contributed by atoms with Gasteiger partial charge < -0.3 is 9.30 Å². The molecule has 0 saturated carbocycles. The summed E-state index contributed by atoms with van der Waals surface area (Å²) >= 11 is 6.35. The van der Waals surface area contributed by atoms with E-state index in [1.807, 2.05) is 79.9 Å². The fourth-order valence-corrected chi connectivity index (χ4v) is 3.78. The first kappa shape index (κ1) is 21.7. The van der Waals surface area contributed by atoms with Gasteiger partial charge in [0.15, 0.2) is 0 Å². The Labute approximate surface area is 192 Å². The van der Waals surface area contributed by atoms with Crippen LogP contribution in [0, 0.1) is 0 Å². The smallest absolute Gasteiger partial charge is 0.244 e. The van der Waals surface area contributed by atoms with Crippen LogP contribution in [0.3, 0.4) is 0 Å². The van der Waals surface area contributed by atoms with Crippen molar-refractivity contribution in [2.75, 3.05) is 6.61 Å². The van der Waals surface area contributed by atoms with Crippen LogP contribution in [0.1, 0.15) is 23.6 Å². The van der Waals surface area contributed by atoms with Crippen LogP contribution >= 0.6 is 11.6 Å². The molecule has 1 N–H and O–H groups in total. The van der Waals surface area contributed by atoms with Crippen molar-refractivity contribution in [1.82, 2.24) is 9.99 Å².